The van der Waals surface area contributed by atoms with E-state index in [1.807, 2.05) is 0 Å². The lowest BCUT2D eigenvalue weighted by Crippen LogP contribution is -2.41. The zero-order valence-corrected chi connectivity index (χ0v) is 14.5. The minimum Gasteiger partial charge on any atom is -0.310 e. The van der Waals surface area contributed by atoms with E-state index < -0.39 is 0 Å². The molecular weight excluding hydrogens is 258 g/mol. The Balaban J connectivity index is 2.58. The standard InChI is InChI=1S/C18H33N3/c1-6-19-18(17-11-9-8-10-12-17)13-14-21(7-2)16(3)15-20(4)5/h8-12,16,18-19H,6-7,13-15H2,1-5H3. The predicted molar refractivity (Wildman–Crippen MR) is 92.7 cm³/mol. The van der Waals surface area contributed by atoms with E-state index in [-0.39, 0.29) is 0 Å². The van der Waals surface area contributed by atoms with Crippen molar-refractivity contribution >= 4 is 0 Å². The molecule has 0 bridgehead atoms. The molecule has 1 rings (SSSR count). The second-order valence-electron chi connectivity index (χ2n) is 6.05. The SMILES string of the molecule is CCNC(CCN(CC)C(C)CN(C)C)c1ccccc1. The maximum Gasteiger partial charge on any atom is 0.0332 e. The molecule has 1 aromatic carbocycles. The van der Waals surface area contributed by atoms with Crippen LogP contribution in [0.3, 0.4) is 0 Å². The third-order valence-corrected chi connectivity index (χ3v) is 4.02. The number of nitrogens with one attached hydrogen (secondary N) is 1. The quantitative estimate of drug-likeness (QED) is 0.715. The highest BCUT2D eigenvalue weighted by Gasteiger charge is 2.16. The van der Waals surface area contributed by atoms with Crippen molar-refractivity contribution in [2.45, 2.75) is 39.3 Å². The number of benzene rings is 1. The second kappa shape index (κ2) is 9.93. The maximum atomic E-state index is 3.62. The van der Waals surface area contributed by atoms with E-state index >= 15 is 0 Å². The van der Waals surface area contributed by atoms with Gasteiger partial charge in [0.1, 0.15) is 0 Å². The lowest BCUT2D eigenvalue weighted by molar-refractivity contribution is 0.174. The Kier molecular flexibility index (Phi) is 8.58. The van der Waals surface area contributed by atoms with Gasteiger partial charge in [-0.1, -0.05) is 44.2 Å². The molecule has 3 heteroatoms. The number of hydrogen-bond acceptors (Lipinski definition) is 3. The number of rotatable bonds is 10. The van der Waals surface area contributed by atoms with Crippen LogP contribution in [0.2, 0.25) is 0 Å². The molecule has 0 fully saturated rings. The summed E-state index contributed by atoms with van der Waals surface area (Å²) in [7, 11) is 4.30. The maximum absolute atomic E-state index is 3.62. The number of nitrogens with zero attached hydrogens (tertiary/aromatic N) is 2. The number of hydrogen-bond donors (Lipinski definition) is 1. The van der Waals surface area contributed by atoms with Gasteiger partial charge in [-0.05, 0) is 46.1 Å². The van der Waals surface area contributed by atoms with Crippen molar-refractivity contribution in [3.8, 4) is 0 Å². The molecule has 1 N–H and O–H groups in total. The summed E-state index contributed by atoms with van der Waals surface area (Å²) in [5.74, 6) is 0. The average Bonchev–Trinajstić information content (AvgIpc) is 2.47. The minimum absolute atomic E-state index is 0.455. The third-order valence-electron chi connectivity index (χ3n) is 4.02. The van der Waals surface area contributed by atoms with Crippen LogP contribution < -0.4 is 5.32 Å². The Morgan fingerprint density at radius 1 is 1.10 bits per heavy atom. The molecule has 0 radical (unpaired) electrons. The van der Waals surface area contributed by atoms with E-state index in [9.17, 15) is 0 Å². The van der Waals surface area contributed by atoms with E-state index in [2.05, 4.69) is 80.3 Å². The Morgan fingerprint density at radius 3 is 2.29 bits per heavy atom. The molecule has 1 aromatic rings. The van der Waals surface area contributed by atoms with Crippen molar-refractivity contribution in [1.82, 2.24) is 15.1 Å². The molecule has 2 atom stereocenters. The average molecular weight is 291 g/mol. The van der Waals surface area contributed by atoms with Gasteiger partial charge in [0.05, 0.1) is 0 Å². The van der Waals surface area contributed by atoms with Crippen LogP contribution in [-0.4, -0.2) is 56.1 Å². The molecule has 0 spiro atoms. The molecular formula is C18H33N3. The van der Waals surface area contributed by atoms with Gasteiger partial charge in [0.15, 0.2) is 0 Å². The molecule has 0 amide bonds. The highest BCUT2D eigenvalue weighted by molar-refractivity contribution is 5.18. The summed E-state index contributed by atoms with van der Waals surface area (Å²) < 4.78 is 0. The first-order chi connectivity index (χ1) is 10.1. The van der Waals surface area contributed by atoms with Gasteiger partial charge in [0, 0.05) is 25.2 Å². The topological polar surface area (TPSA) is 18.5 Å². The lowest BCUT2D eigenvalue weighted by Gasteiger charge is -2.31. The van der Waals surface area contributed by atoms with Gasteiger partial charge in [-0.2, -0.15) is 0 Å². The van der Waals surface area contributed by atoms with Gasteiger partial charge in [-0.25, -0.2) is 0 Å². The molecule has 0 saturated carbocycles. The molecule has 0 aromatic heterocycles. The molecule has 0 aliphatic carbocycles. The van der Waals surface area contributed by atoms with Crippen LogP contribution in [0, 0.1) is 0 Å². The summed E-state index contributed by atoms with van der Waals surface area (Å²) in [5, 5.41) is 3.62. The van der Waals surface area contributed by atoms with E-state index in [0.717, 1.165) is 32.6 Å². The van der Waals surface area contributed by atoms with Crippen molar-refractivity contribution in [2.24, 2.45) is 0 Å². The van der Waals surface area contributed by atoms with Gasteiger partial charge in [0.2, 0.25) is 0 Å². The smallest absolute Gasteiger partial charge is 0.0332 e. The first-order valence-corrected chi connectivity index (χ1v) is 8.25. The highest BCUT2D eigenvalue weighted by Crippen LogP contribution is 2.17. The Morgan fingerprint density at radius 2 is 1.76 bits per heavy atom. The molecule has 0 aliphatic rings. The first-order valence-electron chi connectivity index (χ1n) is 8.25. The Bertz CT molecular complexity index is 364. The van der Waals surface area contributed by atoms with Gasteiger partial charge in [0.25, 0.3) is 0 Å². The Labute approximate surface area is 131 Å². The van der Waals surface area contributed by atoms with Gasteiger partial charge >= 0.3 is 0 Å². The molecule has 120 valence electrons. The van der Waals surface area contributed by atoms with Crippen molar-refractivity contribution in [3.63, 3.8) is 0 Å². The normalized spacial score (nSPS) is 14.6. The van der Waals surface area contributed by atoms with Crippen LogP contribution in [-0.2, 0) is 0 Å². The van der Waals surface area contributed by atoms with Crippen molar-refractivity contribution < 1.29 is 0 Å². The minimum atomic E-state index is 0.455. The van der Waals surface area contributed by atoms with E-state index in [1.165, 1.54) is 5.56 Å². The van der Waals surface area contributed by atoms with Gasteiger partial charge in [-0.3, -0.25) is 4.90 Å². The lowest BCUT2D eigenvalue weighted by atomic mass is 10.0. The van der Waals surface area contributed by atoms with Crippen LogP contribution in [0.1, 0.15) is 38.8 Å². The monoisotopic (exact) mass is 291 g/mol. The summed E-state index contributed by atoms with van der Waals surface area (Å²) in [6.07, 6.45) is 1.16. The van der Waals surface area contributed by atoms with E-state index in [4.69, 9.17) is 0 Å². The fourth-order valence-electron chi connectivity index (χ4n) is 2.95. The fourth-order valence-corrected chi connectivity index (χ4v) is 2.95. The summed E-state index contributed by atoms with van der Waals surface area (Å²) in [5.41, 5.74) is 1.40. The van der Waals surface area contributed by atoms with Gasteiger partial charge < -0.3 is 10.2 Å². The predicted octanol–water partition coefficient (Wildman–Crippen LogP) is 3.00. The largest absolute Gasteiger partial charge is 0.310 e. The molecule has 0 heterocycles. The van der Waals surface area contributed by atoms with E-state index in [0.29, 0.717) is 12.1 Å². The van der Waals surface area contributed by atoms with Crippen molar-refractivity contribution in [2.75, 3.05) is 40.3 Å². The second-order valence-corrected chi connectivity index (χ2v) is 6.05. The molecule has 3 nitrogen and oxygen atoms in total. The van der Waals surface area contributed by atoms with E-state index in [1.54, 1.807) is 0 Å². The third kappa shape index (κ3) is 6.60. The van der Waals surface area contributed by atoms with Crippen molar-refractivity contribution in [1.29, 1.82) is 0 Å². The number of likely N-dealkylation sites (N-methyl/N-ethyl adjacent to an activating group) is 2. The van der Waals surface area contributed by atoms with Crippen LogP contribution >= 0.6 is 0 Å². The zero-order chi connectivity index (χ0) is 15.7. The van der Waals surface area contributed by atoms with Crippen LogP contribution in [0.5, 0.6) is 0 Å². The summed E-state index contributed by atoms with van der Waals surface area (Å²) >= 11 is 0. The first kappa shape index (κ1) is 18.1. The highest BCUT2D eigenvalue weighted by atomic mass is 15.2. The van der Waals surface area contributed by atoms with Crippen LogP contribution in [0.4, 0.5) is 0 Å². The molecule has 0 saturated heterocycles. The fraction of sp³-hybridized carbons (Fsp3) is 0.667. The van der Waals surface area contributed by atoms with Crippen LogP contribution in [0.25, 0.3) is 0 Å². The van der Waals surface area contributed by atoms with Crippen molar-refractivity contribution in [3.05, 3.63) is 35.9 Å². The van der Waals surface area contributed by atoms with Crippen LogP contribution in [0.15, 0.2) is 30.3 Å². The molecule has 2 unspecified atom stereocenters. The Hall–Kier alpha value is -0.900. The summed E-state index contributed by atoms with van der Waals surface area (Å²) in [6, 6.07) is 11.9. The molecule has 21 heavy (non-hydrogen) atoms. The zero-order valence-electron chi connectivity index (χ0n) is 14.5. The summed E-state index contributed by atoms with van der Waals surface area (Å²) in [4.78, 5) is 4.85. The molecule has 0 aliphatic heterocycles. The van der Waals surface area contributed by atoms with Gasteiger partial charge in [-0.15, -0.1) is 0 Å². The summed E-state index contributed by atoms with van der Waals surface area (Å²) in [6.45, 7) is 11.2.